The molecule has 0 heterocycles. The van der Waals surface area contributed by atoms with E-state index in [2.05, 4.69) is 10.1 Å². The number of hydrogen-bond acceptors (Lipinski definition) is 3. The predicted molar refractivity (Wildman–Crippen MR) is 43.4 cm³/mol. The number of alkyl carbamates (subject to hydrolysis) is 1. The van der Waals surface area contributed by atoms with Crippen molar-refractivity contribution in [2.45, 2.75) is 26.3 Å². The van der Waals surface area contributed by atoms with Crippen molar-refractivity contribution in [3.05, 3.63) is 0 Å². The summed E-state index contributed by atoms with van der Waals surface area (Å²) in [6.45, 7) is 3.70. The zero-order valence-corrected chi connectivity index (χ0v) is 7.29. The van der Waals surface area contributed by atoms with Gasteiger partial charge in [0.1, 0.15) is 0 Å². The fourth-order valence-electron chi connectivity index (χ4n) is 0.727. The molecule has 0 saturated heterocycles. The molecule has 0 aromatic heterocycles. The highest BCUT2D eigenvalue weighted by atomic mass is 16.5. The number of carbonyl (C=O) groups excluding carboxylic acids is 2. The van der Waals surface area contributed by atoms with Gasteiger partial charge in [-0.1, -0.05) is 0 Å². The first-order valence-electron chi connectivity index (χ1n) is 3.77. The van der Waals surface area contributed by atoms with Crippen molar-refractivity contribution in [1.82, 2.24) is 5.32 Å². The van der Waals surface area contributed by atoms with E-state index in [9.17, 15) is 9.59 Å². The monoisotopic (exact) mass is 174 g/mol. The van der Waals surface area contributed by atoms with Crippen LogP contribution in [0.2, 0.25) is 0 Å². The number of nitrogens with two attached hydrogens (primary N) is 1. The lowest BCUT2D eigenvalue weighted by molar-refractivity contribution is -0.118. The maximum Gasteiger partial charge on any atom is 0.407 e. The summed E-state index contributed by atoms with van der Waals surface area (Å²) >= 11 is 0. The molecule has 0 radical (unpaired) electrons. The second kappa shape index (κ2) is 5.40. The van der Waals surface area contributed by atoms with E-state index in [0.29, 0.717) is 6.61 Å². The molecule has 0 spiro atoms. The van der Waals surface area contributed by atoms with Crippen LogP contribution in [0.4, 0.5) is 4.79 Å². The molecule has 0 fully saturated rings. The van der Waals surface area contributed by atoms with Crippen molar-refractivity contribution >= 4 is 12.0 Å². The lowest BCUT2D eigenvalue weighted by Crippen LogP contribution is -2.36. The van der Waals surface area contributed by atoms with Gasteiger partial charge in [0.2, 0.25) is 5.91 Å². The van der Waals surface area contributed by atoms with E-state index in [1.807, 2.05) is 0 Å². The van der Waals surface area contributed by atoms with Crippen LogP contribution in [0.15, 0.2) is 0 Å². The molecule has 5 nitrogen and oxygen atoms in total. The molecule has 0 aliphatic rings. The molecule has 1 atom stereocenters. The lowest BCUT2D eigenvalue weighted by Gasteiger charge is -2.10. The quantitative estimate of drug-likeness (QED) is 0.629. The highest BCUT2D eigenvalue weighted by Gasteiger charge is 2.09. The molecule has 0 rings (SSSR count). The van der Waals surface area contributed by atoms with Gasteiger partial charge in [0, 0.05) is 12.5 Å². The van der Waals surface area contributed by atoms with Crippen LogP contribution in [0.3, 0.4) is 0 Å². The molecule has 12 heavy (non-hydrogen) atoms. The van der Waals surface area contributed by atoms with E-state index < -0.39 is 12.0 Å². The fourth-order valence-corrected chi connectivity index (χ4v) is 0.727. The number of amides is 2. The highest BCUT2D eigenvalue weighted by molar-refractivity contribution is 5.75. The Bertz CT molecular complexity index is 170. The van der Waals surface area contributed by atoms with Crippen LogP contribution in [-0.2, 0) is 9.53 Å². The van der Waals surface area contributed by atoms with Gasteiger partial charge in [-0.25, -0.2) is 4.79 Å². The van der Waals surface area contributed by atoms with Gasteiger partial charge in [0.25, 0.3) is 0 Å². The first kappa shape index (κ1) is 10.7. The third-order valence-corrected chi connectivity index (χ3v) is 1.15. The SMILES string of the molecule is CCOC(=O)NC(C)CC(N)=O. The van der Waals surface area contributed by atoms with Crippen molar-refractivity contribution in [3.63, 3.8) is 0 Å². The number of hydrogen-bond donors (Lipinski definition) is 2. The summed E-state index contributed by atoms with van der Waals surface area (Å²) in [5, 5.41) is 2.45. The van der Waals surface area contributed by atoms with Crippen LogP contribution in [0.1, 0.15) is 20.3 Å². The number of carbonyl (C=O) groups is 2. The van der Waals surface area contributed by atoms with Gasteiger partial charge in [-0.3, -0.25) is 4.79 Å². The maximum atomic E-state index is 10.7. The third-order valence-electron chi connectivity index (χ3n) is 1.15. The zero-order chi connectivity index (χ0) is 9.56. The molecule has 3 N–H and O–H groups in total. The smallest absolute Gasteiger partial charge is 0.407 e. The normalized spacial score (nSPS) is 11.8. The van der Waals surface area contributed by atoms with E-state index in [0.717, 1.165) is 0 Å². The Kier molecular flexibility index (Phi) is 4.83. The fraction of sp³-hybridized carbons (Fsp3) is 0.714. The van der Waals surface area contributed by atoms with Crippen LogP contribution in [0.25, 0.3) is 0 Å². The Hall–Kier alpha value is -1.26. The molecule has 0 aliphatic heterocycles. The van der Waals surface area contributed by atoms with Gasteiger partial charge in [-0.2, -0.15) is 0 Å². The molecule has 5 heteroatoms. The van der Waals surface area contributed by atoms with Crippen LogP contribution >= 0.6 is 0 Å². The number of primary amides is 1. The van der Waals surface area contributed by atoms with E-state index in [1.165, 1.54) is 0 Å². The molecule has 0 saturated carbocycles. The van der Waals surface area contributed by atoms with Gasteiger partial charge < -0.3 is 15.8 Å². The molecule has 2 amide bonds. The summed E-state index contributed by atoms with van der Waals surface area (Å²) < 4.78 is 4.59. The summed E-state index contributed by atoms with van der Waals surface area (Å²) in [5.41, 5.74) is 4.91. The Labute approximate surface area is 71.3 Å². The summed E-state index contributed by atoms with van der Waals surface area (Å²) in [4.78, 5) is 21.1. The van der Waals surface area contributed by atoms with Crippen LogP contribution in [0, 0.1) is 0 Å². The number of nitrogens with one attached hydrogen (secondary N) is 1. The summed E-state index contributed by atoms with van der Waals surface area (Å²) in [6, 6.07) is -0.276. The number of ether oxygens (including phenoxy) is 1. The summed E-state index contributed by atoms with van der Waals surface area (Å²) in [6.07, 6.45) is -0.398. The van der Waals surface area contributed by atoms with Crippen LogP contribution < -0.4 is 11.1 Å². The molecule has 1 unspecified atom stereocenters. The standard InChI is InChI=1S/C7H14N2O3/c1-3-12-7(11)9-5(2)4-6(8)10/h5H,3-4H2,1-2H3,(H2,8,10)(H,9,11). The van der Waals surface area contributed by atoms with E-state index in [1.54, 1.807) is 13.8 Å². The average molecular weight is 174 g/mol. The van der Waals surface area contributed by atoms with Crippen LogP contribution in [0.5, 0.6) is 0 Å². The Morgan fingerprint density at radius 3 is 2.58 bits per heavy atom. The number of rotatable bonds is 4. The Morgan fingerprint density at radius 2 is 2.17 bits per heavy atom. The van der Waals surface area contributed by atoms with Crippen molar-refractivity contribution in [3.8, 4) is 0 Å². The molecule has 0 aromatic rings. The zero-order valence-electron chi connectivity index (χ0n) is 7.29. The largest absolute Gasteiger partial charge is 0.450 e. The van der Waals surface area contributed by atoms with Gasteiger partial charge in [-0.05, 0) is 13.8 Å². The molecule has 0 aromatic carbocycles. The van der Waals surface area contributed by atoms with Crippen molar-refractivity contribution in [2.24, 2.45) is 5.73 Å². The predicted octanol–water partition coefficient (Wildman–Crippen LogP) is -0.00360. The van der Waals surface area contributed by atoms with Gasteiger partial charge >= 0.3 is 6.09 Å². The highest BCUT2D eigenvalue weighted by Crippen LogP contribution is 1.89. The van der Waals surface area contributed by atoms with E-state index in [-0.39, 0.29) is 12.5 Å². The Balaban J connectivity index is 3.61. The van der Waals surface area contributed by atoms with Crippen molar-refractivity contribution in [1.29, 1.82) is 0 Å². The van der Waals surface area contributed by atoms with Crippen molar-refractivity contribution < 1.29 is 14.3 Å². The second-order valence-corrected chi connectivity index (χ2v) is 2.44. The van der Waals surface area contributed by atoms with Crippen molar-refractivity contribution in [2.75, 3.05) is 6.61 Å². The minimum absolute atomic E-state index is 0.124. The first-order valence-corrected chi connectivity index (χ1v) is 3.77. The van der Waals surface area contributed by atoms with E-state index >= 15 is 0 Å². The molecule has 70 valence electrons. The Morgan fingerprint density at radius 1 is 1.58 bits per heavy atom. The topological polar surface area (TPSA) is 81.4 Å². The molecular formula is C7H14N2O3. The summed E-state index contributed by atoms with van der Waals surface area (Å²) in [5.74, 6) is -0.445. The maximum absolute atomic E-state index is 10.7. The van der Waals surface area contributed by atoms with Crippen LogP contribution in [-0.4, -0.2) is 24.6 Å². The van der Waals surface area contributed by atoms with Gasteiger partial charge in [-0.15, -0.1) is 0 Å². The first-order chi connectivity index (χ1) is 5.56. The minimum atomic E-state index is -0.522. The summed E-state index contributed by atoms with van der Waals surface area (Å²) in [7, 11) is 0. The molecular weight excluding hydrogens is 160 g/mol. The molecule has 0 aliphatic carbocycles. The average Bonchev–Trinajstić information content (AvgIpc) is 1.84. The molecule has 0 bridgehead atoms. The minimum Gasteiger partial charge on any atom is -0.450 e. The van der Waals surface area contributed by atoms with E-state index in [4.69, 9.17) is 5.73 Å². The lowest BCUT2D eigenvalue weighted by atomic mass is 10.2. The van der Waals surface area contributed by atoms with Gasteiger partial charge in [0.05, 0.1) is 6.61 Å². The third kappa shape index (κ3) is 5.52. The second-order valence-electron chi connectivity index (χ2n) is 2.44. The van der Waals surface area contributed by atoms with Gasteiger partial charge in [0.15, 0.2) is 0 Å².